The Morgan fingerprint density at radius 3 is 2.46 bits per heavy atom. The van der Waals surface area contributed by atoms with Gasteiger partial charge in [0.25, 0.3) is 0 Å². The van der Waals surface area contributed by atoms with E-state index >= 15 is 0 Å². The van der Waals surface area contributed by atoms with Gasteiger partial charge in [0.15, 0.2) is 11.5 Å². The molecule has 1 aliphatic rings. The number of nitrogens with zero attached hydrogens (tertiary/aromatic N) is 1. The Labute approximate surface area is 167 Å². The van der Waals surface area contributed by atoms with Crippen LogP contribution >= 0.6 is 0 Å². The van der Waals surface area contributed by atoms with Gasteiger partial charge >= 0.3 is 6.03 Å². The second-order valence-corrected chi connectivity index (χ2v) is 7.86. The fraction of sp³-hybridized carbons (Fsp3) is 0.435. The lowest BCUT2D eigenvalue weighted by atomic mass is 9.95. The van der Waals surface area contributed by atoms with E-state index in [0.29, 0.717) is 19.8 Å². The van der Waals surface area contributed by atoms with E-state index in [2.05, 4.69) is 51.2 Å². The molecule has 1 N–H and O–H groups in total. The SMILES string of the molecule is Cc1ccc(CN(C)C(=O)N[C@H](c2ccc3c(c2)OCCO3)C(C)C)c(C)c1. The summed E-state index contributed by atoms with van der Waals surface area (Å²) in [5.41, 5.74) is 4.61. The van der Waals surface area contributed by atoms with Crippen LogP contribution in [0.2, 0.25) is 0 Å². The first-order chi connectivity index (χ1) is 13.3. The van der Waals surface area contributed by atoms with Crippen LogP contribution < -0.4 is 14.8 Å². The van der Waals surface area contributed by atoms with Crippen molar-refractivity contribution in [2.75, 3.05) is 20.3 Å². The van der Waals surface area contributed by atoms with E-state index in [1.54, 1.807) is 4.90 Å². The molecule has 0 fully saturated rings. The summed E-state index contributed by atoms with van der Waals surface area (Å²) in [5, 5.41) is 3.18. The summed E-state index contributed by atoms with van der Waals surface area (Å²) in [5.74, 6) is 1.74. The molecule has 5 nitrogen and oxygen atoms in total. The normalized spacial score (nSPS) is 13.9. The molecule has 1 atom stereocenters. The summed E-state index contributed by atoms with van der Waals surface area (Å²) in [4.78, 5) is 14.6. The standard InChI is InChI=1S/C23H30N2O3/c1-15(2)22(18-8-9-20-21(13-18)28-11-10-27-20)24-23(26)25(5)14-19-7-6-16(3)12-17(19)4/h6-9,12-13,15,22H,10-11,14H2,1-5H3,(H,24,26)/t22-/m0/s1. The molecule has 0 aliphatic carbocycles. The van der Waals surface area contributed by atoms with Gasteiger partial charge in [0.1, 0.15) is 13.2 Å². The second-order valence-electron chi connectivity index (χ2n) is 7.86. The first kappa shape index (κ1) is 20.1. The third-order valence-corrected chi connectivity index (χ3v) is 5.12. The molecule has 2 amide bonds. The fourth-order valence-corrected chi connectivity index (χ4v) is 3.48. The van der Waals surface area contributed by atoms with Crippen LogP contribution in [-0.4, -0.2) is 31.2 Å². The van der Waals surface area contributed by atoms with E-state index in [0.717, 1.165) is 22.6 Å². The molecule has 0 spiro atoms. The van der Waals surface area contributed by atoms with Gasteiger partial charge in [-0.1, -0.05) is 43.7 Å². The molecular weight excluding hydrogens is 352 g/mol. The van der Waals surface area contributed by atoms with Crippen molar-refractivity contribution in [2.45, 2.75) is 40.3 Å². The number of carbonyl (C=O) groups is 1. The van der Waals surface area contributed by atoms with Crippen molar-refractivity contribution in [3.8, 4) is 11.5 Å². The number of rotatable bonds is 5. The van der Waals surface area contributed by atoms with Crippen molar-refractivity contribution in [3.63, 3.8) is 0 Å². The average Bonchev–Trinajstić information content (AvgIpc) is 2.67. The highest BCUT2D eigenvalue weighted by Crippen LogP contribution is 2.34. The summed E-state index contributed by atoms with van der Waals surface area (Å²) in [6.07, 6.45) is 0. The lowest BCUT2D eigenvalue weighted by Gasteiger charge is -2.28. The molecule has 5 heteroatoms. The molecule has 2 aromatic carbocycles. The molecule has 0 radical (unpaired) electrons. The third kappa shape index (κ3) is 4.58. The Kier molecular flexibility index (Phi) is 6.12. The highest BCUT2D eigenvalue weighted by molar-refractivity contribution is 5.74. The molecule has 0 bridgehead atoms. The molecule has 0 unspecified atom stereocenters. The molecule has 150 valence electrons. The van der Waals surface area contributed by atoms with Crippen molar-refractivity contribution < 1.29 is 14.3 Å². The van der Waals surface area contributed by atoms with E-state index in [4.69, 9.17) is 9.47 Å². The number of amides is 2. The molecule has 1 heterocycles. The summed E-state index contributed by atoms with van der Waals surface area (Å²) in [7, 11) is 1.83. The smallest absolute Gasteiger partial charge is 0.317 e. The largest absolute Gasteiger partial charge is 0.486 e. The lowest BCUT2D eigenvalue weighted by Crippen LogP contribution is -2.40. The van der Waals surface area contributed by atoms with Crippen LogP contribution in [0, 0.1) is 19.8 Å². The van der Waals surface area contributed by atoms with Gasteiger partial charge in [0, 0.05) is 13.6 Å². The number of ether oxygens (including phenoxy) is 2. The molecule has 0 saturated heterocycles. The van der Waals surface area contributed by atoms with Crippen LogP contribution in [0.4, 0.5) is 4.79 Å². The number of nitrogens with one attached hydrogen (secondary N) is 1. The Morgan fingerprint density at radius 2 is 1.79 bits per heavy atom. The van der Waals surface area contributed by atoms with Gasteiger partial charge in [0.05, 0.1) is 6.04 Å². The van der Waals surface area contributed by atoms with E-state index in [9.17, 15) is 4.79 Å². The molecule has 1 aliphatic heterocycles. The van der Waals surface area contributed by atoms with Gasteiger partial charge in [-0.25, -0.2) is 4.79 Å². The highest BCUT2D eigenvalue weighted by Gasteiger charge is 2.23. The van der Waals surface area contributed by atoms with Gasteiger partial charge < -0.3 is 19.7 Å². The Balaban J connectivity index is 1.72. The number of aryl methyl sites for hydroxylation is 2. The summed E-state index contributed by atoms with van der Waals surface area (Å²) >= 11 is 0. The minimum atomic E-state index is -0.107. The zero-order valence-electron chi connectivity index (χ0n) is 17.4. The quantitative estimate of drug-likeness (QED) is 0.821. The topological polar surface area (TPSA) is 50.8 Å². The Bertz CT molecular complexity index is 848. The lowest BCUT2D eigenvalue weighted by molar-refractivity contribution is 0.171. The van der Waals surface area contributed by atoms with Gasteiger partial charge in [-0.05, 0) is 48.6 Å². The van der Waals surface area contributed by atoms with E-state index in [-0.39, 0.29) is 18.0 Å². The predicted octanol–water partition coefficient (Wildman–Crippen LogP) is 4.61. The van der Waals surface area contributed by atoms with Gasteiger partial charge in [-0.3, -0.25) is 0 Å². The molecular formula is C23H30N2O3. The van der Waals surface area contributed by atoms with Crippen molar-refractivity contribution in [2.24, 2.45) is 5.92 Å². The van der Waals surface area contributed by atoms with Crippen LogP contribution in [-0.2, 0) is 6.54 Å². The fourth-order valence-electron chi connectivity index (χ4n) is 3.48. The zero-order valence-corrected chi connectivity index (χ0v) is 17.4. The van der Waals surface area contributed by atoms with E-state index in [1.807, 2.05) is 25.2 Å². The first-order valence-electron chi connectivity index (χ1n) is 9.82. The highest BCUT2D eigenvalue weighted by atomic mass is 16.6. The number of urea groups is 1. The van der Waals surface area contributed by atoms with Crippen LogP contribution in [0.5, 0.6) is 11.5 Å². The zero-order chi connectivity index (χ0) is 20.3. The van der Waals surface area contributed by atoms with Crippen molar-refractivity contribution in [1.29, 1.82) is 0 Å². The molecule has 2 aromatic rings. The number of carbonyl (C=O) groups excluding carboxylic acids is 1. The maximum absolute atomic E-state index is 12.9. The van der Waals surface area contributed by atoms with Gasteiger partial charge in [-0.15, -0.1) is 0 Å². The van der Waals surface area contributed by atoms with Crippen LogP contribution in [0.25, 0.3) is 0 Å². The maximum atomic E-state index is 12.9. The monoisotopic (exact) mass is 382 g/mol. The average molecular weight is 383 g/mol. The van der Waals surface area contributed by atoms with Gasteiger partial charge in [-0.2, -0.15) is 0 Å². The van der Waals surface area contributed by atoms with E-state index < -0.39 is 0 Å². The Hall–Kier alpha value is -2.69. The molecule has 0 saturated carbocycles. The van der Waals surface area contributed by atoms with Crippen LogP contribution in [0.3, 0.4) is 0 Å². The van der Waals surface area contributed by atoms with Crippen LogP contribution in [0.15, 0.2) is 36.4 Å². The molecule has 3 rings (SSSR count). The predicted molar refractivity (Wildman–Crippen MR) is 111 cm³/mol. The van der Waals surface area contributed by atoms with Crippen molar-refractivity contribution >= 4 is 6.03 Å². The van der Waals surface area contributed by atoms with Crippen LogP contribution in [0.1, 0.15) is 42.1 Å². The van der Waals surface area contributed by atoms with Crippen molar-refractivity contribution in [1.82, 2.24) is 10.2 Å². The van der Waals surface area contributed by atoms with E-state index in [1.165, 1.54) is 11.1 Å². The van der Waals surface area contributed by atoms with Crippen molar-refractivity contribution in [3.05, 3.63) is 58.7 Å². The number of fused-ring (bicyclic) bond motifs is 1. The molecule has 0 aromatic heterocycles. The number of hydrogen-bond acceptors (Lipinski definition) is 3. The summed E-state index contributed by atoms with van der Waals surface area (Å²) in [6, 6.07) is 12.0. The maximum Gasteiger partial charge on any atom is 0.317 e. The first-order valence-corrected chi connectivity index (χ1v) is 9.82. The molecule has 28 heavy (non-hydrogen) atoms. The number of hydrogen-bond donors (Lipinski definition) is 1. The minimum Gasteiger partial charge on any atom is -0.486 e. The minimum absolute atomic E-state index is 0.0893. The Morgan fingerprint density at radius 1 is 1.07 bits per heavy atom. The third-order valence-electron chi connectivity index (χ3n) is 5.12. The summed E-state index contributed by atoms with van der Waals surface area (Å²) < 4.78 is 11.3. The summed E-state index contributed by atoms with van der Waals surface area (Å²) in [6.45, 7) is 10.1. The second kappa shape index (κ2) is 8.55. The number of benzene rings is 2. The van der Waals surface area contributed by atoms with Gasteiger partial charge in [0.2, 0.25) is 0 Å².